The molecule has 2 unspecified atom stereocenters. The van der Waals surface area contributed by atoms with Gasteiger partial charge in [0.25, 0.3) is 0 Å². The monoisotopic (exact) mass is 302 g/mol. The fourth-order valence-corrected chi connectivity index (χ4v) is 3.86. The molecule has 1 fully saturated rings. The Bertz CT molecular complexity index is 694. The van der Waals surface area contributed by atoms with Crippen LogP contribution in [0.1, 0.15) is 18.4 Å². The largest absolute Gasteiger partial charge is 0.369 e. The van der Waals surface area contributed by atoms with E-state index in [1.807, 2.05) is 12.1 Å². The summed E-state index contributed by atoms with van der Waals surface area (Å²) in [6.07, 6.45) is 1.50. The number of benzene rings is 1. The molecule has 0 bridgehead atoms. The maximum atomic E-state index is 12.4. The molecule has 1 heterocycles. The minimum atomic E-state index is -0.353. The van der Waals surface area contributed by atoms with E-state index in [0.717, 1.165) is 18.4 Å². The van der Waals surface area contributed by atoms with E-state index in [0.29, 0.717) is 6.54 Å². The number of nitrogens with zero attached hydrogens (tertiary/aromatic N) is 1. The normalized spacial score (nSPS) is 21.0. The molecule has 3 rings (SSSR count). The molecule has 0 spiro atoms. The summed E-state index contributed by atoms with van der Waals surface area (Å²) in [5.41, 5.74) is 6.48. The van der Waals surface area contributed by atoms with E-state index >= 15 is 0 Å². The summed E-state index contributed by atoms with van der Waals surface area (Å²) in [6, 6.07) is 8.19. The molecule has 2 atom stereocenters. The number of hydrogen-bond acceptors (Lipinski definition) is 3. The van der Waals surface area contributed by atoms with Gasteiger partial charge >= 0.3 is 0 Å². The highest BCUT2D eigenvalue weighted by atomic mass is 32.1. The Morgan fingerprint density at radius 1 is 1.29 bits per heavy atom. The smallest absolute Gasteiger partial charge is 0.226 e. The van der Waals surface area contributed by atoms with E-state index < -0.39 is 0 Å². The third-order valence-corrected chi connectivity index (χ3v) is 5.31. The van der Waals surface area contributed by atoms with Gasteiger partial charge in [-0.1, -0.05) is 18.2 Å². The van der Waals surface area contributed by atoms with Gasteiger partial charge < -0.3 is 10.6 Å². The summed E-state index contributed by atoms with van der Waals surface area (Å²) in [6.45, 7) is 0.574. The molecule has 1 aromatic heterocycles. The average molecular weight is 302 g/mol. The molecular weight excluding hydrogens is 284 g/mol. The van der Waals surface area contributed by atoms with Crippen molar-refractivity contribution in [1.82, 2.24) is 4.90 Å². The van der Waals surface area contributed by atoms with Crippen LogP contribution in [-0.4, -0.2) is 23.8 Å². The molecule has 1 aromatic carbocycles. The Kier molecular flexibility index (Phi) is 3.68. The van der Waals surface area contributed by atoms with Crippen LogP contribution in [0.15, 0.2) is 29.6 Å². The second-order valence-corrected chi connectivity index (χ2v) is 6.56. The SMILES string of the molecule is CN(Cc1csc2ccccc12)C(=O)C1CCC1C(N)=O. The van der Waals surface area contributed by atoms with Crippen LogP contribution in [-0.2, 0) is 16.1 Å². The fourth-order valence-electron chi connectivity index (χ4n) is 2.91. The molecule has 2 aromatic rings. The fraction of sp³-hybridized carbons (Fsp3) is 0.375. The first-order valence-electron chi connectivity index (χ1n) is 7.07. The maximum Gasteiger partial charge on any atom is 0.226 e. The number of carbonyl (C=O) groups excluding carboxylic acids is 2. The van der Waals surface area contributed by atoms with Crippen molar-refractivity contribution in [3.8, 4) is 0 Å². The van der Waals surface area contributed by atoms with Crippen molar-refractivity contribution < 1.29 is 9.59 Å². The quantitative estimate of drug-likeness (QED) is 0.942. The molecule has 0 radical (unpaired) electrons. The van der Waals surface area contributed by atoms with Crippen molar-refractivity contribution in [3.63, 3.8) is 0 Å². The molecular formula is C16H18N2O2S. The number of nitrogens with two attached hydrogens (primary N) is 1. The molecule has 0 aliphatic heterocycles. The van der Waals surface area contributed by atoms with Crippen LogP contribution in [0.2, 0.25) is 0 Å². The molecule has 1 aliphatic carbocycles. The standard InChI is InChI=1S/C16H18N2O2S/c1-18(16(20)13-7-6-12(13)15(17)19)8-10-9-21-14-5-3-2-4-11(10)14/h2-5,9,12-13H,6-8H2,1H3,(H2,17,19). The highest BCUT2D eigenvalue weighted by Crippen LogP contribution is 2.36. The number of rotatable bonds is 4. The topological polar surface area (TPSA) is 63.4 Å². The molecule has 21 heavy (non-hydrogen) atoms. The van der Waals surface area contributed by atoms with Crippen molar-refractivity contribution in [2.45, 2.75) is 19.4 Å². The van der Waals surface area contributed by atoms with Crippen LogP contribution in [0.25, 0.3) is 10.1 Å². The van der Waals surface area contributed by atoms with Gasteiger partial charge in [-0.2, -0.15) is 0 Å². The third-order valence-electron chi connectivity index (χ3n) is 4.30. The van der Waals surface area contributed by atoms with Gasteiger partial charge in [0.1, 0.15) is 0 Å². The number of amides is 2. The molecule has 2 N–H and O–H groups in total. The van der Waals surface area contributed by atoms with Crippen LogP contribution in [0.5, 0.6) is 0 Å². The zero-order valence-electron chi connectivity index (χ0n) is 11.9. The van der Waals surface area contributed by atoms with Gasteiger partial charge in [-0.25, -0.2) is 0 Å². The van der Waals surface area contributed by atoms with Crippen LogP contribution in [0.3, 0.4) is 0 Å². The van der Waals surface area contributed by atoms with Crippen LogP contribution >= 0.6 is 11.3 Å². The molecule has 0 saturated heterocycles. The van der Waals surface area contributed by atoms with Gasteiger partial charge in [0.15, 0.2) is 0 Å². The first-order valence-corrected chi connectivity index (χ1v) is 7.95. The van der Waals surface area contributed by atoms with E-state index in [1.165, 1.54) is 10.1 Å². The number of fused-ring (bicyclic) bond motifs is 1. The Morgan fingerprint density at radius 2 is 2.00 bits per heavy atom. The van der Waals surface area contributed by atoms with Gasteiger partial charge in [0.2, 0.25) is 11.8 Å². The third kappa shape index (κ3) is 2.53. The zero-order chi connectivity index (χ0) is 15.0. The van der Waals surface area contributed by atoms with Gasteiger partial charge in [-0.05, 0) is 35.2 Å². The van der Waals surface area contributed by atoms with Gasteiger partial charge in [-0.3, -0.25) is 9.59 Å². The lowest BCUT2D eigenvalue weighted by Gasteiger charge is -2.35. The highest BCUT2D eigenvalue weighted by Gasteiger charge is 2.41. The predicted molar refractivity (Wildman–Crippen MR) is 83.7 cm³/mol. The van der Waals surface area contributed by atoms with Crippen molar-refractivity contribution in [2.75, 3.05) is 7.05 Å². The molecule has 110 valence electrons. The summed E-state index contributed by atoms with van der Waals surface area (Å²) in [7, 11) is 1.80. The summed E-state index contributed by atoms with van der Waals surface area (Å²) in [5, 5.41) is 3.29. The zero-order valence-corrected chi connectivity index (χ0v) is 12.7. The van der Waals surface area contributed by atoms with E-state index in [2.05, 4.69) is 17.5 Å². The maximum absolute atomic E-state index is 12.4. The summed E-state index contributed by atoms with van der Waals surface area (Å²) in [4.78, 5) is 25.4. The molecule has 1 saturated carbocycles. The number of hydrogen-bond donors (Lipinski definition) is 1. The van der Waals surface area contributed by atoms with Crippen LogP contribution < -0.4 is 5.73 Å². The first kappa shape index (κ1) is 14.1. The van der Waals surface area contributed by atoms with Crippen molar-refractivity contribution >= 4 is 33.2 Å². The van der Waals surface area contributed by atoms with Crippen molar-refractivity contribution in [2.24, 2.45) is 17.6 Å². The first-order chi connectivity index (χ1) is 10.1. The number of carbonyl (C=O) groups is 2. The van der Waals surface area contributed by atoms with E-state index in [-0.39, 0.29) is 23.7 Å². The van der Waals surface area contributed by atoms with Crippen molar-refractivity contribution in [3.05, 3.63) is 35.2 Å². The minimum Gasteiger partial charge on any atom is -0.369 e. The molecule has 4 nitrogen and oxygen atoms in total. The van der Waals surface area contributed by atoms with E-state index in [9.17, 15) is 9.59 Å². The van der Waals surface area contributed by atoms with E-state index in [4.69, 9.17) is 5.73 Å². The minimum absolute atomic E-state index is 0.0281. The Balaban J connectivity index is 1.73. The van der Waals surface area contributed by atoms with Crippen LogP contribution in [0.4, 0.5) is 0 Å². The van der Waals surface area contributed by atoms with Crippen molar-refractivity contribution in [1.29, 1.82) is 0 Å². The molecule has 2 amide bonds. The van der Waals surface area contributed by atoms with Gasteiger partial charge in [0.05, 0.1) is 0 Å². The Hall–Kier alpha value is -1.88. The summed E-state index contributed by atoms with van der Waals surface area (Å²) >= 11 is 1.69. The second-order valence-electron chi connectivity index (χ2n) is 5.64. The second kappa shape index (κ2) is 5.48. The molecule has 5 heteroatoms. The Morgan fingerprint density at radius 3 is 2.67 bits per heavy atom. The highest BCUT2D eigenvalue weighted by molar-refractivity contribution is 7.17. The lowest BCUT2D eigenvalue weighted by molar-refractivity contribution is -0.145. The lowest BCUT2D eigenvalue weighted by Crippen LogP contribution is -2.46. The predicted octanol–water partition coefficient (Wildman–Crippen LogP) is 2.37. The van der Waals surface area contributed by atoms with Crippen LogP contribution in [0, 0.1) is 11.8 Å². The number of thiophene rings is 1. The summed E-state index contributed by atoms with van der Waals surface area (Å²) in [5.74, 6) is -0.828. The Labute approximate surface area is 127 Å². The van der Waals surface area contributed by atoms with E-state index in [1.54, 1.807) is 23.3 Å². The molecule has 1 aliphatic rings. The van der Waals surface area contributed by atoms with Gasteiger partial charge in [-0.15, -0.1) is 11.3 Å². The summed E-state index contributed by atoms with van der Waals surface area (Å²) < 4.78 is 1.23. The average Bonchev–Trinajstić information content (AvgIpc) is 2.80. The lowest BCUT2D eigenvalue weighted by atomic mass is 9.72. The van der Waals surface area contributed by atoms with Gasteiger partial charge in [0, 0.05) is 30.1 Å². The number of primary amides is 1.